The van der Waals surface area contributed by atoms with Crippen LogP contribution < -0.4 is 0 Å². The fourth-order valence-electron chi connectivity index (χ4n) is 3.11. The lowest BCUT2D eigenvalue weighted by Gasteiger charge is -2.07. The number of aliphatic hydroxyl groups excluding tert-OH is 1. The molecule has 2 N–H and O–H groups in total. The number of carboxylic acids is 1. The van der Waals surface area contributed by atoms with Crippen LogP contribution in [0.2, 0.25) is 0 Å². The van der Waals surface area contributed by atoms with Gasteiger partial charge >= 0.3 is 5.97 Å². The van der Waals surface area contributed by atoms with E-state index < -0.39 is 12.1 Å². The first-order valence-corrected chi connectivity index (χ1v) is 9.60. The zero-order chi connectivity index (χ0) is 21.8. The van der Waals surface area contributed by atoms with Gasteiger partial charge in [0.2, 0.25) is 0 Å². The molecular formula is C24H19N3O4. The number of aromatic carboxylic acids is 1. The molecule has 0 unspecified atom stereocenters. The smallest absolute Gasteiger partial charge is 0.335 e. The summed E-state index contributed by atoms with van der Waals surface area (Å²) in [6.45, 7) is 2.11. The van der Waals surface area contributed by atoms with Crippen molar-refractivity contribution in [3.05, 3.63) is 95.2 Å². The van der Waals surface area contributed by atoms with E-state index in [1.807, 2.05) is 34.9 Å². The number of aliphatic hydroxyl groups is 1. The third kappa shape index (κ3) is 4.71. The van der Waals surface area contributed by atoms with E-state index in [-0.39, 0.29) is 5.56 Å². The average Bonchev–Trinajstić information content (AvgIpc) is 3.43. The Morgan fingerprint density at radius 1 is 1.13 bits per heavy atom. The molecule has 31 heavy (non-hydrogen) atoms. The molecule has 0 saturated carbocycles. The first kappa shape index (κ1) is 20.1. The highest BCUT2D eigenvalue weighted by molar-refractivity contribution is 5.88. The van der Waals surface area contributed by atoms with E-state index >= 15 is 0 Å². The first-order chi connectivity index (χ1) is 15.0. The molecule has 0 aliphatic carbocycles. The number of rotatable bonds is 5. The highest BCUT2D eigenvalue weighted by atomic mass is 16.5. The number of carboxylic acid groups (broad SMARTS) is 1. The summed E-state index contributed by atoms with van der Waals surface area (Å²) in [5, 5.41) is 22.9. The number of hydrogen-bond donors (Lipinski definition) is 2. The van der Waals surface area contributed by atoms with E-state index in [4.69, 9.17) is 9.63 Å². The van der Waals surface area contributed by atoms with Gasteiger partial charge in [-0.1, -0.05) is 23.1 Å². The van der Waals surface area contributed by atoms with E-state index in [9.17, 15) is 9.90 Å². The van der Waals surface area contributed by atoms with E-state index in [1.54, 1.807) is 37.5 Å². The Bertz CT molecular complexity index is 1270. The van der Waals surface area contributed by atoms with E-state index in [2.05, 4.69) is 22.0 Å². The molecule has 2 aromatic heterocycles. The second-order valence-electron chi connectivity index (χ2n) is 6.99. The van der Waals surface area contributed by atoms with E-state index in [0.717, 1.165) is 16.8 Å². The minimum absolute atomic E-state index is 0.208. The number of hydrogen-bond acceptors (Lipinski definition) is 5. The van der Waals surface area contributed by atoms with Crippen LogP contribution in [0.1, 0.15) is 46.0 Å². The maximum atomic E-state index is 11.1. The number of aromatic nitrogens is 3. The van der Waals surface area contributed by atoms with Gasteiger partial charge in [0, 0.05) is 35.2 Å². The Hall–Kier alpha value is -4.15. The van der Waals surface area contributed by atoms with Crippen molar-refractivity contribution >= 4 is 5.97 Å². The van der Waals surface area contributed by atoms with Gasteiger partial charge in [-0.15, -0.1) is 0 Å². The van der Waals surface area contributed by atoms with Crippen molar-refractivity contribution in [3.63, 3.8) is 0 Å². The van der Waals surface area contributed by atoms with Crippen LogP contribution in [-0.2, 0) is 6.54 Å². The van der Waals surface area contributed by atoms with Gasteiger partial charge in [-0.25, -0.2) is 9.78 Å². The van der Waals surface area contributed by atoms with E-state index in [1.165, 1.54) is 6.07 Å². The lowest BCUT2D eigenvalue weighted by molar-refractivity contribution is 0.0697. The monoisotopic (exact) mass is 413 g/mol. The third-order valence-corrected chi connectivity index (χ3v) is 4.64. The molecule has 0 saturated heterocycles. The molecule has 0 fully saturated rings. The molecule has 7 nitrogen and oxygen atoms in total. The molecule has 0 bridgehead atoms. The van der Waals surface area contributed by atoms with Gasteiger partial charge < -0.3 is 19.3 Å². The molecule has 0 amide bonds. The Kier molecular flexibility index (Phi) is 5.65. The van der Waals surface area contributed by atoms with Crippen molar-refractivity contribution in [2.45, 2.75) is 19.6 Å². The molecule has 0 radical (unpaired) electrons. The predicted octanol–water partition coefficient (Wildman–Crippen LogP) is 3.74. The Morgan fingerprint density at radius 2 is 1.90 bits per heavy atom. The van der Waals surface area contributed by atoms with Crippen LogP contribution in [0.5, 0.6) is 0 Å². The maximum absolute atomic E-state index is 11.1. The second kappa shape index (κ2) is 8.69. The summed E-state index contributed by atoms with van der Waals surface area (Å²) in [4.78, 5) is 15.2. The summed E-state index contributed by atoms with van der Waals surface area (Å²) in [7, 11) is 0. The third-order valence-electron chi connectivity index (χ3n) is 4.64. The van der Waals surface area contributed by atoms with Crippen molar-refractivity contribution in [2.75, 3.05) is 0 Å². The number of imidazole rings is 1. The molecule has 0 aliphatic rings. The summed E-state index contributed by atoms with van der Waals surface area (Å²) in [6.07, 6.45) is 2.76. The molecule has 2 aromatic carbocycles. The Labute approximate surface area is 178 Å². The molecule has 1 atom stereocenters. The van der Waals surface area contributed by atoms with Crippen molar-refractivity contribution < 1.29 is 19.5 Å². The second-order valence-corrected chi connectivity index (χ2v) is 6.99. The molecule has 4 rings (SSSR count). The summed E-state index contributed by atoms with van der Waals surface area (Å²) >= 11 is 0. The number of benzene rings is 2. The molecule has 7 heteroatoms. The van der Waals surface area contributed by atoms with Crippen molar-refractivity contribution in [1.82, 2.24) is 14.7 Å². The Balaban J connectivity index is 1.48. The summed E-state index contributed by atoms with van der Waals surface area (Å²) in [5.41, 5.74) is 3.22. The molecule has 154 valence electrons. The molecule has 4 aromatic rings. The van der Waals surface area contributed by atoms with Crippen molar-refractivity contribution in [3.8, 4) is 23.2 Å². The molecular weight excluding hydrogens is 394 g/mol. The molecule has 2 heterocycles. The summed E-state index contributed by atoms with van der Waals surface area (Å²) < 4.78 is 7.29. The van der Waals surface area contributed by atoms with Crippen molar-refractivity contribution in [2.24, 2.45) is 0 Å². The van der Waals surface area contributed by atoms with Crippen LogP contribution in [0, 0.1) is 11.8 Å². The summed E-state index contributed by atoms with van der Waals surface area (Å²) in [5.74, 6) is 6.24. The zero-order valence-electron chi connectivity index (χ0n) is 16.7. The Morgan fingerprint density at radius 3 is 2.65 bits per heavy atom. The highest BCUT2D eigenvalue weighted by Gasteiger charge is 2.12. The van der Waals surface area contributed by atoms with Gasteiger partial charge in [0.1, 0.15) is 17.6 Å². The molecule has 0 aliphatic heterocycles. The topological polar surface area (TPSA) is 101 Å². The number of carbonyl (C=O) groups is 1. The highest BCUT2D eigenvalue weighted by Crippen LogP contribution is 2.22. The van der Waals surface area contributed by atoms with Gasteiger partial charge in [-0.3, -0.25) is 0 Å². The van der Waals surface area contributed by atoms with Crippen LogP contribution in [0.4, 0.5) is 0 Å². The number of nitrogens with zero attached hydrogens (tertiary/aromatic N) is 3. The minimum atomic E-state index is -0.977. The van der Waals surface area contributed by atoms with Crippen molar-refractivity contribution in [1.29, 1.82) is 0 Å². The van der Waals surface area contributed by atoms with Gasteiger partial charge in [0.15, 0.2) is 5.76 Å². The first-order valence-electron chi connectivity index (χ1n) is 9.60. The van der Waals surface area contributed by atoms with Gasteiger partial charge in [0.25, 0.3) is 0 Å². The normalized spacial score (nSPS) is 11.5. The van der Waals surface area contributed by atoms with E-state index in [0.29, 0.717) is 23.7 Å². The SMILES string of the molecule is C[C@H](O)c1nccn1Cc1cc(-c2ccc(C#Cc3cccc(C(=O)O)c3)cc2)on1. The molecule has 0 spiro atoms. The van der Waals surface area contributed by atoms with Crippen LogP contribution in [-0.4, -0.2) is 30.9 Å². The minimum Gasteiger partial charge on any atom is -0.478 e. The van der Waals surface area contributed by atoms with Gasteiger partial charge in [-0.2, -0.15) is 0 Å². The lowest BCUT2D eigenvalue weighted by atomic mass is 10.1. The van der Waals surface area contributed by atoms with Crippen LogP contribution in [0.3, 0.4) is 0 Å². The van der Waals surface area contributed by atoms with Crippen LogP contribution in [0.25, 0.3) is 11.3 Å². The summed E-state index contributed by atoms with van der Waals surface area (Å²) in [6, 6.07) is 15.9. The van der Waals surface area contributed by atoms with Crippen LogP contribution in [0.15, 0.2) is 71.5 Å². The zero-order valence-corrected chi connectivity index (χ0v) is 16.7. The standard InChI is InChI=1S/C24H19N3O4/c1-16(28)23-25-11-12-27(23)15-21-14-22(31-26-21)19-9-7-17(8-10-19)5-6-18-3-2-4-20(13-18)24(29)30/h2-4,7-14,16,28H,15H2,1H3,(H,29,30)/t16-/m0/s1. The lowest BCUT2D eigenvalue weighted by Crippen LogP contribution is -2.07. The van der Waals surface area contributed by atoms with Gasteiger partial charge in [0.05, 0.1) is 12.1 Å². The maximum Gasteiger partial charge on any atom is 0.335 e. The fraction of sp³-hybridized carbons (Fsp3) is 0.125. The van der Waals surface area contributed by atoms with Gasteiger partial charge in [-0.05, 0) is 49.4 Å². The average molecular weight is 413 g/mol. The van der Waals surface area contributed by atoms with Crippen LogP contribution >= 0.6 is 0 Å². The largest absolute Gasteiger partial charge is 0.478 e. The fourth-order valence-corrected chi connectivity index (χ4v) is 3.11. The quantitative estimate of drug-likeness (QED) is 0.484. The predicted molar refractivity (Wildman–Crippen MR) is 113 cm³/mol.